The molecule has 5 heteroatoms. The fourth-order valence-corrected chi connectivity index (χ4v) is 3.47. The summed E-state index contributed by atoms with van der Waals surface area (Å²) in [7, 11) is 1.54. The zero-order valence-corrected chi connectivity index (χ0v) is 11.8. The molecule has 5 nitrogen and oxygen atoms in total. The molecule has 2 N–H and O–H groups in total. The van der Waals surface area contributed by atoms with Crippen molar-refractivity contribution in [3.63, 3.8) is 0 Å². The van der Waals surface area contributed by atoms with Crippen LogP contribution < -0.4 is 10.1 Å². The zero-order chi connectivity index (χ0) is 14.3. The Hall–Kier alpha value is -1.75. The van der Waals surface area contributed by atoms with E-state index in [-0.39, 0.29) is 23.7 Å². The average molecular weight is 276 g/mol. The zero-order valence-electron chi connectivity index (χ0n) is 11.8. The molecule has 0 aliphatic carbocycles. The molecule has 3 unspecified atom stereocenters. The Morgan fingerprint density at radius 1 is 1.45 bits per heavy atom. The van der Waals surface area contributed by atoms with Gasteiger partial charge in [0, 0.05) is 31.2 Å². The van der Waals surface area contributed by atoms with E-state index in [2.05, 4.69) is 12.2 Å². The normalized spacial score (nSPS) is 28.5. The number of benzene rings is 1. The number of phenolic OH excluding ortho intramolecular Hbond substituents is 1. The van der Waals surface area contributed by atoms with Crippen molar-refractivity contribution >= 4 is 5.91 Å². The molecule has 1 amide bonds. The van der Waals surface area contributed by atoms with Crippen LogP contribution in [0.1, 0.15) is 23.7 Å². The first kappa shape index (κ1) is 13.2. The highest BCUT2D eigenvalue weighted by molar-refractivity contribution is 5.97. The largest absolute Gasteiger partial charge is 0.507 e. The van der Waals surface area contributed by atoms with Crippen LogP contribution in [0.5, 0.6) is 11.5 Å². The standard InChI is InChI=1S/C15H20N2O3/c1-9-5-10-7-16-8-13(10)17(9)15(19)12-4-3-11(20-2)6-14(12)18/h3-4,6,9-10,13,16,18H,5,7-8H2,1-2H3. The van der Waals surface area contributed by atoms with Gasteiger partial charge in [-0.15, -0.1) is 0 Å². The van der Waals surface area contributed by atoms with Gasteiger partial charge in [0.05, 0.1) is 12.7 Å². The van der Waals surface area contributed by atoms with Gasteiger partial charge in [0.2, 0.25) is 0 Å². The maximum atomic E-state index is 12.7. The molecule has 2 aliphatic heterocycles. The Balaban J connectivity index is 1.88. The van der Waals surface area contributed by atoms with E-state index < -0.39 is 0 Å². The van der Waals surface area contributed by atoms with Crippen molar-refractivity contribution in [2.45, 2.75) is 25.4 Å². The van der Waals surface area contributed by atoms with Crippen LogP contribution in [0.15, 0.2) is 18.2 Å². The topological polar surface area (TPSA) is 61.8 Å². The number of nitrogens with zero attached hydrogens (tertiary/aromatic N) is 1. The number of methoxy groups -OCH3 is 1. The summed E-state index contributed by atoms with van der Waals surface area (Å²) in [5.41, 5.74) is 0.352. The first-order chi connectivity index (χ1) is 9.61. The van der Waals surface area contributed by atoms with Crippen molar-refractivity contribution in [2.75, 3.05) is 20.2 Å². The molecule has 0 radical (unpaired) electrons. The molecular weight excluding hydrogens is 256 g/mol. The monoisotopic (exact) mass is 276 g/mol. The number of rotatable bonds is 2. The molecule has 0 aromatic heterocycles. The van der Waals surface area contributed by atoms with E-state index in [1.54, 1.807) is 12.1 Å². The molecule has 2 saturated heterocycles. The number of aromatic hydroxyl groups is 1. The van der Waals surface area contributed by atoms with E-state index in [0.717, 1.165) is 19.5 Å². The van der Waals surface area contributed by atoms with E-state index in [4.69, 9.17) is 4.74 Å². The Bertz CT molecular complexity index is 532. The lowest BCUT2D eigenvalue weighted by atomic mass is 10.0. The molecular formula is C15H20N2O3. The summed E-state index contributed by atoms with van der Waals surface area (Å²) < 4.78 is 5.05. The Morgan fingerprint density at radius 3 is 2.95 bits per heavy atom. The third kappa shape index (κ3) is 2.02. The van der Waals surface area contributed by atoms with Gasteiger partial charge in [-0.2, -0.15) is 0 Å². The van der Waals surface area contributed by atoms with Gasteiger partial charge in [-0.25, -0.2) is 0 Å². The van der Waals surface area contributed by atoms with Crippen LogP contribution in [-0.2, 0) is 0 Å². The number of phenols is 1. The van der Waals surface area contributed by atoms with Gasteiger partial charge >= 0.3 is 0 Å². The van der Waals surface area contributed by atoms with E-state index >= 15 is 0 Å². The highest BCUT2D eigenvalue weighted by Gasteiger charge is 2.44. The summed E-state index contributed by atoms with van der Waals surface area (Å²) in [6.45, 7) is 3.90. The molecule has 3 atom stereocenters. The minimum atomic E-state index is -0.0890. The molecule has 2 fully saturated rings. The molecule has 20 heavy (non-hydrogen) atoms. The minimum Gasteiger partial charge on any atom is -0.507 e. The van der Waals surface area contributed by atoms with Crippen molar-refractivity contribution in [1.29, 1.82) is 0 Å². The smallest absolute Gasteiger partial charge is 0.258 e. The fourth-order valence-electron chi connectivity index (χ4n) is 3.47. The quantitative estimate of drug-likeness (QED) is 0.852. The third-order valence-corrected chi connectivity index (χ3v) is 4.45. The van der Waals surface area contributed by atoms with E-state index in [0.29, 0.717) is 17.2 Å². The number of nitrogens with one attached hydrogen (secondary N) is 1. The molecule has 3 rings (SSSR count). The SMILES string of the molecule is COc1ccc(C(=O)N2C(C)CC3CNCC32)c(O)c1. The molecule has 0 spiro atoms. The first-order valence-corrected chi connectivity index (χ1v) is 7.02. The van der Waals surface area contributed by atoms with Crippen molar-refractivity contribution < 1.29 is 14.6 Å². The predicted octanol–water partition coefficient (Wildman–Crippen LogP) is 1.22. The van der Waals surface area contributed by atoms with Gasteiger partial charge in [0.15, 0.2) is 0 Å². The van der Waals surface area contributed by atoms with Gasteiger partial charge in [-0.3, -0.25) is 4.79 Å². The van der Waals surface area contributed by atoms with Crippen molar-refractivity contribution in [3.8, 4) is 11.5 Å². The number of carbonyl (C=O) groups is 1. The number of ether oxygens (including phenoxy) is 1. The molecule has 0 bridgehead atoms. The minimum absolute atomic E-state index is 0.0176. The molecule has 2 aliphatic rings. The molecule has 0 saturated carbocycles. The van der Waals surface area contributed by atoms with Crippen molar-refractivity contribution in [3.05, 3.63) is 23.8 Å². The van der Waals surface area contributed by atoms with Gasteiger partial charge < -0.3 is 20.1 Å². The summed E-state index contributed by atoms with van der Waals surface area (Å²) in [5.74, 6) is 0.980. The van der Waals surface area contributed by atoms with Crippen LogP contribution in [0, 0.1) is 5.92 Å². The Kier molecular flexibility index (Phi) is 3.30. The third-order valence-electron chi connectivity index (χ3n) is 4.45. The van der Waals surface area contributed by atoms with E-state index in [1.165, 1.54) is 13.2 Å². The molecule has 2 heterocycles. The number of hydrogen-bond donors (Lipinski definition) is 2. The highest BCUT2D eigenvalue weighted by atomic mass is 16.5. The molecule has 108 valence electrons. The highest BCUT2D eigenvalue weighted by Crippen LogP contribution is 2.35. The van der Waals surface area contributed by atoms with Gasteiger partial charge in [0.25, 0.3) is 5.91 Å². The number of amides is 1. The first-order valence-electron chi connectivity index (χ1n) is 7.02. The lowest BCUT2D eigenvalue weighted by molar-refractivity contribution is 0.0679. The lowest BCUT2D eigenvalue weighted by Gasteiger charge is -2.28. The summed E-state index contributed by atoms with van der Waals surface area (Å²) in [4.78, 5) is 14.6. The molecule has 1 aromatic rings. The fraction of sp³-hybridized carbons (Fsp3) is 0.533. The molecule has 1 aromatic carbocycles. The van der Waals surface area contributed by atoms with Gasteiger partial charge in [-0.1, -0.05) is 0 Å². The van der Waals surface area contributed by atoms with E-state index in [9.17, 15) is 9.90 Å². The van der Waals surface area contributed by atoms with Crippen LogP contribution in [-0.4, -0.2) is 48.2 Å². The van der Waals surface area contributed by atoms with E-state index in [1.807, 2.05) is 4.90 Å². The summed E-state index contributed by atoms with van der Waals surface area (Å²) in [6, 6.07) is 5.30. The van der Waals surface area contributed by atoms with Gasteiger partial charge in [0.1, 0.15) is 11.5 Å². The Morgan fingerprint density at radius 2 is 2.25 bits per heavy atom. The van der Waals surface area contributed by atoms with Crippen LogP contribution in [0.3, 0.4) is 0 Å². The number of likely N-dealkylation sites (tertiary alicyclic amines) is 1. The van der Waals surface area contributed by atoms with Crippen molar-refractivity contribution in [1.82, 2.24) is 10.2 Å². The summed E-state index contributed by atoms with van der Waals surface area (Å²) in [6.07, 6.45) is 1.03. The second-order valence-corrected chi connectivity index (χ2v) is 5.67. The number of carbonyl (C=O) groups excluding carboxylic acids is 1. The van der Waals surface area contributed by atoms with Crippen molar-refractivity contribution in [2.24, 2.45) is 5.92 Å². The average Bonchev–Trinajstić information content (AvgIpc) is 2.97. The predicted molar refractivity (Wildman–Crippen MR) is 75.1 cm³/mol. The summed E-state index contributed by atoms with van der Waals surface area (Å²) >= 11 is 0. The number of fused-ring (bicyclic) bond motifs is 1. The van der Waals surface area contributed by atoms with Crippen LogP contribution in [0.4, 0.5) is 0 Å². The summed E-state index contributed by atoms with van der Waals surface area (Å²) in [5, 5.41) is 13.4. The maximum absolute atomic E-state index is 12.7. The second kappa shape index (κ2) is 4.98. The number of hydrogen-bond acceptors (Lipinski definition) is 4. The van der Waals surface area contributed by atoms with Crippen LogP contribution in [0.2, 0.25) is 0 Å². The maximum Gasteiger partial charge on any atom is 0.258 e. The second-order valence-electron chi connectivity index (χ2n) is 5.67. The lowest BCUT2D eigenvalue weighted by Crippen LogP contribution is -2.42. The van der Waals surface area contributed by atoms with Gasteiger partial charge in [-0.05, 0) is 31.4 Å². The van der Waals surface area contributed by atoms with Crippen LogP contribution >= 0.6 is 0 Å². The Labute approximate surface area is 118 Å². The van der Waals surface area contributed by atoms with Crippen LogP contribution in [0.25, 0.3) is 0 Å².